The number of unbranched alkanes of at least 4 members (excludes halogenated alkanes) is 2. The molecule has 0 atom stereocenters. The number of aromatic nitrogens is 2. The predicted molar refractivity (Wildman–Crippen MR) is 98.6 cm³/mol. The van der Waals surface area contributed by atoms with Crippen LogP contribution in [0.15, 0.2) is 28.7 Å². The van der Waals surface area contributed by atoms with Gasteiger partial charge >= 0.3 is 0 Å². The smallest absolute Gasteiger partial charge is 0.287 e. The number of aromatic amines is 1. The summed E-state index contributed by atoms with van der Waals surface area (Å²) in [4.78, 5) is 12.3. The number of nitrogen functional groups attached to an aromatic ring is 1. The molecule has 7 heteroatoms. The number of nitrogens with two attached hydrogens (primary N) is 1. The SMILES string of the molecule is Cc1c(C(=O)NCCCCCc2[nH]nc(N)c2C#N)oc2ccccc12. The number of aryl methyl sites for hydroxylation is 2. The maximum atomic E-state index is 12.3. The van der Waals surface area contributed by atoms with Crippen LogP contribution in [0.2, 0.25) is 0 Å². The van der Waals surface area contributed by atoms with E-state index in [-0.39, 0.29) is 11.7 Å². The first kappa shape index (κ1) is 17.5. The molecule has 2 aromatic heterocycles. The molecule has 2 heterocycles. The van der Waals surface area contributed by atoms with Crippen molar-refractivity contribution in [3.05, 3.63) is 46.8 Å². The van der Waals surface area contributed by atoms with Gasteiger partial charge in [-0.3, -0.25) is 9.89 Å². The van der Waals surface area contributed by atoms with E-state index in [1.54, 1.807) is 0 Å². The van der Waals surface area contributed by atoms with E-state index < -0.39 is 0 Å². The monoisotopic (exact) mass is 351 g/mol. The molecule has 0 saturated carbocycles. The molecule has 0 bridgehead atoms. The number of furan rings is 1. The van der Waals surface area contributed by atoms with Crippen LogP contribution in [0.5, 0.6) is 0 Å². The Bertz CT molecular complexity index is 964. The molecule has 0 saturated heterocycles. The molecule has 0 spiro atoms. The zero-order chi connectivity index (χ0) is 18.5. The van der Waals surface area contributed by atoms with Crippen molar-refractivity contribution >= 4 is 22.7 Å². The number of nitriles is 1. The summed E-state index contributed by atoms with van der Waals surface area (Å²) < 4.78 is 5.66. The van der Waals surface area contributed by atoms with Gasteiger partial charge in [-0.25, -0.2) is 0 Å². The summed E-state index contributed by atoms with van der Waals surface area (Å²) in [6.07, 6.45) is 3.36. The van der Waals surface area contributed by atoms with Crippen molar-refractivity contribution in [3.63, 3.8) is 0 Å². The van der Waals surface area contributed by atoms with Crippen molar-refractivity contribution < 1.29 is 9.21 Å². The molecule has 0 unspecified atom stereocenters. The zero-order valence-corrected chi connectivity index (χ0v) is 14.6. The number of benzene rings is 1. The summed E-state index contributed by atoms with van der Waals surface area (Å²) >= 11 is 0. The molecule has 3 aromatic rings. The van der Waals surface area contributed by atoms with E-state index in [9.17, 15) is 4.79 Å². The number of carbonyl (C=O) groups excluding carboxylic acids is 1. The molecule has 4 N–H and O–H groups in total. The molecule has 1 amide bonds. The highest BCUT2D eigenvalue weighted by atomic mass is 16.3. The van der Waals surface area contributed by atoms with Crippen LogP contribution in [0, 0.1) is 18.3 Å². The van der Waals surface area contributed by atoms with Crippen molar-refractivity contribution in [1.29, 1.82) is 5.26 Å². The molecule has 134 valence electrons. The van der Waals surface area contributed by atoms with Crippen LogP contribution in [0.3, 0.4) is 0 Å². The molecule has 26 heavy (non-hydrogen) atoms. The second kappa shape index (κ2) is 7.74. The minimum atomic E-state index is -0.188. The number of fused-ring (bicyclic) bond motifs is 1. The lowest BCUT2D eigenvalue weighted by atomic mass is 10.1. The molecule has 0 aliphatic carbocycles. The van der Waals surface area contributed by atoms with Gasteiger partial charge in [0.25, 0.3) is 5.91 Å². The summed E-state index contributed by atoms with van der Waals surface area (Å²) in [5.41, 5.74) is 8.40. The first-order valence-electron chi connectivity index (χ1n) is 8.61. The Hall–Kier alpha value is -3.27. The number of nitrogens with one attached hydrogen (secondary N) is 2. The standard InChI is InChI=1S/C19H21N5O2/c1-12-13-7-4-5-9-16(13)26-17(12)19(25)22-10-6-2-3-8-15-14(11-20)18(21)24-23-15/h4-5,7,9H,2-3,6,8,10H2,1H3,(H,22,25)(H3,21,23,24). The lowest BCUT2D eigenvalue weighted by Crippen LogP contribution is -2.24. The minimum absolute atomic E-state index is 0.188. The van der Waals surface area contributed by atoms with E-state index in [0.717, 1.165) is 41.5 Å². The maximum absolute atomic E-state index is 12.3. The van der Waals surface area contributed by atoms with Gasteiger partial charge in [-0.15, -0.1) is 0 Å². The largest absolute Gasteiger partial charge is 0.451 e. The molecular weight excluding hydrogens is 330 g/mol. The number of hydrogen-bond acceptors (Lipinski definition) is 5. The zero-order valence-electron chi connectivity index (χ0n) is 14.6. The van der Waals surface area contributed by atoms with E-state index >= 15 is 0 Å². The summed E-state index contributed by atoms with van der Waals surface area (Å²) in [6, 6.07) is 9.68. The first-order valence-corrected chi connectivity index (χ1v) is 8.61. The molecule has 3 rings (SSSR count). The Kier molecular flexibility index (Phi) is 5.23. The van der Waals surface area contributed by atoms with Gasteiger partial charge in [-0.2, -0.15) is 10.4 Å². The van der Waals surface area contributed by atoms with Gasteiger partial charge in [0.05, 0.1) is 5.69 Å². The minimum Gasteiger partial charge on any atom is -0.451 e. The third kappa shape index (κ3) is 3.54. The molecule has 7 nitrogen and oxygen atoms in total. The van der Waals surface area contributed by atoms with E-state index in [1.165, 1.54) is 0 Å². The fourth-order valence-corrected chi connectivity index (χ4v) is 2.98. The number of nitrogens with zero attached hydrogens (tertiary/aromatic N) is 2. The van der Waals surface area contributed by atoms with Gasteiger partial charge in [0.15, 0.2) is 11.6 Å². The Labute approximate surface area is 151 Å². The number of amides is 1. The van der Waals surface area contributed by atoms with E-state index in [4.69, 9.17) is 15.4 Å². The van der Waals surface area contributed by atoms with E-state index in [2.05, 4.69) is 21.6 Å². The van der Waals surface area contributed by atoms with Crippen LogP contribution in [0.4, 0.5) is 5.82 Å². The Morgan fingerprint density at radius 2 is 2.15 bits per heavy atom. The average Bonchev–Trinajstić information content (AvgIpc) is 3.18. The fraction of sp³-hybridized carbons (Fsp3) is 0.316. The Morgan fingerprint density at radius 3 is 2.92 bits per heavy atom. The van der Waals surface area contributed by atoms with Crippen molar-refractivity contribution in [2.75, 3.05) is 12.3 Å². The molecule has 0 aliphatic heterocycles. The molecular formula is C19H21N5O2. The lowest BCUT2D eigenvalue weighted by Gasteiger charge is -2.04. The Balaban J connectivity index is 1.44. The summed E-state index contributed by atoms with van der Waals surface area (Å²) in [6.45, 7) is 2.47. The molecule has 1 aromatic carbocycles. The van der Waals surface area contributed by atoms with Gasteiger partial charge < -0.3 is 15.5 Å². The van der Waals surface area contributed by atoms with Gasteiger partial charge in [0.1, 0.15) is 17.2 Å². The highest BCUT2D eigenvalue weighted by molar-refractivity contribution is 5.98. The first-order chi connectivity index (χ1) is 12.6. The summed E-state index contributed by atoms with van der Waals surface area (Å²) in [5, 5.41) is 19.5. The van der Waals surface area contributed by atoms with E-state index in [1.807, 2.05) is 31.2 Å². The predicted octanol–water partition coefficient (Wildman–Crippen LogP) is 3.06. The number of anilines is 1. The normalized spacial score (nSPS) is 10.8. The van der Waals surface area contributed by atoms with E-state index in [0.29, 0.717) is 24.3 Å². The number of carbonyl (C=O) groups is 1. The number of rotatable bonds is 7. The summed E-state index contributed by atoms with van der Waals surface area (Å²) in [5.74, 6) is 0.431. The molecule has 0 radical (unpaired) electrons. The topological polar surface area (TPSA) is 121 Å². The second-order valence-corrected chi connectivity index (χ2v) is 6.19. The van der Waals surface area contributed by atoms with Crippen molar-refractivity contribution in [1.82, 2.24) is 15.5 Å². The van der Waals surface area contributed by atoms with Gasteiger partial charge in [-0.1, -0.05) is 24.6 Å². The van der Waals surface area contributed by atoms with Crippen LogP contribution >= 0.6 is 0 Å². The van der Waals surface area contributed by atoms with Crippen LogP contribution in [-0.4, -0.2) is 22.6 Å². The van der Waals surface area contributed by atoms with Crippen LogP contribution < -0.4 is 11.1 Å². The number of H-pyrrole nitrogens is 1. The maximum Gasteiger partial charge on any atom is 0.287 e. The third-order valence-corrected chi connectivity index (χ3v) is 4.42. The quantitative estimate of drug-likeness (QED) is 0.565. The van der Waals surface area contributed by atoms with Crippen molar-refractivity contribution in [2.45, 2.75) is 32.6 Å². The van der Waals surface area contributed by atoms with Crippen molar-refractivity contribution in [3.8, 4) is 6.07 Å². The number of hydrogen-bond donors (Lipinski definition) is 3. The average molecular weight is 351 g/mol. The van der Waals surface area contributed by atoms with Crippen LogP contribution in [-0.2, 0) is 6.42 Å². The van der Waals surface area contributed by atoms with Crippen LogP contribution in [0.25, 0.3) is 11.0 Å². The summed E-state index contributed by atoms with van der Waals surface area (Å²) in [7, 11) is 0. The molecule has 0 aliphatic rings. The Morgan fingerprint density at radius 1 is 1.35 bits per heavy atom. The third-order valence-electron chi connectivity index (χ3n) is 4.42. The second-order valence-electron chi connectivity index (χ2n) is 6.19. The molecule has 0 fully saturated rings. The van der Waals surface area contributed by atoms with Gasteiger partial charge in [0, 0.05) is 17.5 Å². The van der Waals surface area contributed by atoms with Gasteiger partial charge in [-0.05, 0) is 32.3 Å². The van der Waals surface area contributed by atoms with Crippen LogP contribution in [0.1, 0.15) is 46.6 Å². The van der Waals surface area contributed by atoms with Gasteiger partial charge in [0.2, 0.25) is 0 Å². The lowest BCUT2D eigenvalue weighted by molar-refractivity contribution is 0.0926. The highest BCUT2D eigenvalue weighted by Crippen LogP contribution is 2.24. The highest BCUT2D eigenvalue weighted by Gasteiger charge is 2.16. The fourth-order valence-electron chi connectivity index (χ4n) is 2.98. The van der Waals surface area contributed by atoms with Crippen molar-refractivity contribution in [2.24, 2.45) is 0 Å². The number of para-hydroxylation sites is 1.